The van der Waals surface area contributed by atoms with Crippen molar-refractivity contribution in [2.75, 3.05) is 13.1 Å². The molecule has 1 rings (SSSR count). The van der Waals surface area contributed by atoms with Crippen LogP contribution in [0.3, 0.4) is 0 Å². The van der Waals surface area contributed by atoms with E-state index in [4.69, 9.17) is 5.11 Å². The maximum absolute atomic E-state index is 9.32. The fraction of sp³-hybridized carbons (Fsp3) is 1.00. The van der Waals surface area contributed by atoms with E-state index in [0.717, 1.165) is 0 Å². The summed E-state index contributed by atoms with van der Waals surface area (Å²) in [5.41, 5.74) is -0.711. The van der Waals surface area contributed by atoms with Gasteiger partial charge in [0.25, 0.3) is 0 Å². The van der Waals surface area contributed by atoms with Crippen LogP contribution in [0.15, 0.2) is 0 Å². The summed E-state index contributed by atoms with van der Waals surface area (Å²) in [4.78, 5) is 0. The number of β-amino-alcohol motifs (C(OH)–C–C–N with tert-alkyl or cyclic N) is 2. The molecule has 3 heteroatoms. The van der Waals surface area contributed by atoms with E-state index in [2.05, 4.69) is 5.32 Å². The van der Waals surface area contributed by atoms with Crippen molar-refractivity contribution in [1.29, 1.82) is 0 Å². The molecule has 3 N–H and O–H groups in total. The van der Waals surface area contributed by atoms with Crippen molar-refractivity contribution in [2.45, 2.75) is 25.0 Å². The highest BCUT2D eigenvalue weighted by atomic mass is 16.3. The lowest BCUT2D eigenvalue weighted by Gasteiger charge is -2.31. The Morgan fingerprint density at radius 1 is 1.67 bits per heavy atom. The molecule has 0 radical (unpaired) electrons. The lowest BCUT2D eigenvalue weighted by molar-refractivity contribution is -0.0188. The zero-order chi connectivity index (χ0) is 6.91. The third-order valence-electron chi connectivity index (χ3n) is 1.56. The van der Waals surface area contributed by atoms with Crippen LogP contribution < -0.4 is 5.32 Å². The van der Waals surface area contributed by atoms with E-state index < -0.39 is 5.60 Å². The van der Waals surface area contributed by atoms with E-state index in [1.54, 1.807) is 6.92 Å². The molecule has 0 bridgehead atoms. The lowest BCUT2D eigenvalue weighted by Crippen LogP contribution is -2.49. The van der Waals surface area contributed by atoms with Gasteiger partial charge in [-0.15, -0.1) is 0 Å². The summed E-state index contributed by atoms with van der Waals surface area (Å²) >= 11 is 0. The van der Waals surface area contributed by atoms with Crippen LogP contribution in [0.25, 0.3) is 0 Å². The highest BCUT2D eigenvalue weighted by Crippen LogP contribution is 2.14. The van der Waals surface area contributed by atoms with Gasteiger partial charge in [0.2, 0.25) is 0 Å². The maximum Gasteiger partial charge on any atom is 0.0768 e. The molecular weight excluding hydrogens is 118 g/mol. The fourth-order valence-electron chi connectivity index (χ4n) is 1.16. The molecule has 0 unspecified atom stereocenters. The fourth-order valence-corrected chi connectivity index (χ4v) is 1.16. The first kappa shape index (κ1) is 6.99. The van der Waals surface area contributed by atoms with E-state index in [-0.39, 0.29) is 6.10 Å². The van der Waals surface area contributed by atoms with Crippen LogP contribution in [0.1, 0.15) is 13.3 Å². The normalized spacial score (nSPS) is 45.0. The Morgan fingerprint density at radius 3 is 2.67 bits per heavy atom. The molecule has 1 fully saturated rings. The molecular formula is C6H13NO2. The van der Waals surface area contributed by atoms with Gasteiger partial charge in [0.05, 0.1) is 11.7 Å². The summed E-state index contributed by atoms with van der Waals surface area (Å²) in [7, 11) is 0. The molecule has 54 valence electrons. The van der Waals surface area contributed by atoms with Gasteiger partial charge in [0.1, 0.15) is 0 Å². The molecule has 0 amide bonds. The third kappa shape index (κ3) is 1.93. The van der Waals surface area contributed by atoms with E-state index in [9.17, 15) is 5.11 Å². The van der Waals surface area contributed by atoms with Crippen LogP contribution >= 0.6 is 0 Å². The monoisotopic (exact) mass is 131 g/mol. The van der Waals surface area contributed by atoms with E-state index in [0.29, 0.717) is 19.5 Å². The van der Waals surface area contributed by atoms with Crippen molar-refractivity contribution in [3.63, 3.8) is 0 Å². The molecule has 9 heavy (non-hydrogen) atoms. The van der Waals surface area contributed by atoms with Gasteiger partial charge in [0, 0.05) is 19.5 Å². The highest BCUT2D eigenvalue weighted by molar-refractivity contribution is 4.84. The summed E-state index contributed by atoms with van der Waals surface area (Å²) in [6.45, 7) is 2.92. The number of hydrogen-bond donors (Lipinski definition) is 3. The Morgan fingerprint density at radius 2 is 2.33 bits per heavy atom. The average Bonchev–Trinajstić information content (AvgIpc) is 1.60. The molecule has 1 heterocycles. The standard InChI is InChI=1S/C6H13NO2/c1-6(9)2-5(8)3-7-4-6/h5,7-9H,2-4H2,1H3/t5-,6-/m1/s1. The minimum Gasteiger partial charge on any atom is -0.392 e. The molecule has 0 aliphatic carbocycles. The van der Waals surface area contributed by atoms with E-state index in [1.807, 2.05) is 0 Å². The van der Waals surface area contributed by atoms with Crippen molar-refractivity contribution in [1.82, 2.24) is 5.32 Å². The summed E-state index contributed by atoms with van der Waals surface area (Å²) in [6, 6.07) is 0. The van der Waals surface area contributed by atoms with Crippen LogP contribution in [-0.4, -0.2) is 35.0 Å². The molecule has 0 saturated carbocycles. The van der Waals surface area contributed by atoms with Crippen LogP contribution in [0.2, 0.25) is 0 Å². The molecule has 1 aliphatic heterocycles. The quantitative estimate of drug-likeness (QED) is 0.399. The first-order valence-electron chi connectivity index (χ1n) is 3.21. The number of aliphatic hydroxyl groups is 2. The maximum atomic E-state index is 9.32. The van der Waals surface area contributed by atoms with Gasteiger partial charge in [0.15, 0.2) is 0 Å². The second-order valence-electron chi connectivity index (χ2n) is 2.99. The highest BCUT2D eigenvalue weighted by Gasteiger charge is 2.27. The molecule has 2 atom stereocenters. The summed E-state index contributed by atoms with van der Waals surface area (Å²) in [5.74, 6) is 0. The third-order valence-corrected chi connectivity index (χ3v) is 1.56. The number of piperidine rings is 1. The first-order valence-corrected chi connectivity index (χ1v) is 3.21. The van der Waals surface area contributed by atoms with Crippen molar-refractivity contribution in [3.05, 3.63) is 0 Å². The summed E-state index contributed by atoms with van der Waals surface area (Å²) < 4.78 is 0. The number of aliphatic hydroxyl groups excluding tert-OH is 1. The predicted molar refractivity (Wildman–Crippen MR) is 34.1 cm³/mol. The zero-order valence-electron chi connectivity index (χ0n) is 5.59. The number of rotatable bonds is 0. The molecule has 0 aromatic carbocycles. The largest absolute Gasteiger partial charge is 0.392 e. The minimum atomic E-state index is -0.711. The van der Waals surface area contributed by atoms with Gasteiger partial charge in [-0.25, -0.2) is 0 Å². The molecule has 0 spiro atoms. The summed E-state index contributed by atoms with van der Waals surface area (Å²) in [5, 5.41) is 21.3. The molecule has 3 nitrogen and oxygen atoms in total. The van der Waals surface area contributed by atoms with Crippen LogP contribution in [0.5, 0.6) is 0 Å². The Bertz CT molecular complexity index is 103. The predicted octanol–water partition coefficient (Wildman–Crippen LogP) is -0.908. The Kier molecular flexibility index (Phi) is 1.75. The van der Waals surface area contributed by atoms with Crippen LogP contribution in [0, 0.1) is 0 Å². The summed E-state index contributed by atoms with van der Waals surface area (Å²) in [6.07, 6.45) is 0.105. The van der Waals surface area contributed by atoms with Crippen LogP contribution in [0.4, 0.5) is 0 Å². The van der Waals surface area contributed by atoms with Crippen molar-refractivity contribution in [3.8, 4) is 0 Å². The van der Waals surface area contributed by atoms with Gasteiger partial charge in [-0.3, -0.25) is 0 Å². The molecule has 0 aromatic heterocycles. The van der Waals surface area contributed by atoms with Gasteiger partial charge >= 0.3 is 0 Å². The van der Waals surface area contributed by atoms with Gasteiger partial charge < -0.3 is 15.5 Å². The second kappa shape index (κ2) is 2.25. The lowest BCUT2D eigenvalue weighted by atomic mass is 9.95. The molecule has 0 aromatic rings. The van der Waals surface area contributed by atoms with Crippen molar-refractivity contribution in [2.24, 2.45) is 0 Å². The second-order valence-corrected chi connectivity index (χ2v) is 2.99. The zero-order valence-corrected chi connectivity index (χ0v) is 5.59. The minimum absolute atomic E-state index is 0.381. The number of hydrogen-bond acceptors (Lipinski definition) is 3. The smallest absolute Gasteiger partial charge is 0.0768 e. The number of nitrogens with one attached hydrogen (secondary N) is 1. The van der Waals surface area contributed by atoms with Gasteiger partial charge in [-0.2, -0.15) is 0 Å². The van der Waals surface area contributed by atoms with Gasteiger partial charge in [-0.05, 0) is 6.92 Å². The van der Waals surface area contributed by atoms with E-state index >= 15 is 0 Å². The Labute approximate surface area is 54.7 Å². The van der Waals surface area contributed by atoms with Crippen molar-refractivity contribution >= 4 is 0 Å². The molecule has 1 saturated heterocycles. The Hall–Kier alpha value is -0.120. The first-order chi connectivity index (χ1) is 4.10. The van der Waals surface area contributed by atoms with Crippen molar-refractivity contribution < 1.29 is 10.2 Å². The topological polar surface area (TPSA) is 52.5 Å². The van der Waals surface area contributed by atoms with Crippen LogP contribution in [-0.2, 0) is 0 Å². The molecule has 1 aliphatic rings. The SMILES string of the molecule is C[C@]1(O)CNC[C@H](O)C1. The average molecular weight is 131 g/mol. The van der Waals surface area contributed by atoms with E-state index in [1.165, 1.54) is 0 Å². The Balaban J connectivity index is 2.41. The van der Waals surface area contributed by atoms with Gasteiger partial charge in [-0.1, -0.05) is 0 Å².